The summed E-state index contributed by atoms with van der Waals surface area (Å²) in [5, 5.41) is 3.46. The fraction of sp³-hybridized carbons (Fsp3) is 0.625. The van der Waals surface area contributed by atoms with Gasteiger partial charge in [0.1, 0.15) is 5.75 Å². The minimum atomic E-state index is -0.491. The average Bonchev–Trinajstić information content (AvgIpc) is 2.41. The molecule has 5 nitrogen and oxygen atoms in total. The number of methoxy groups -OCH3 is 1. The molecule has 1 saturated heterocycles. The molecule has 1 fully saturated rings. The second-order valence-electron chi connectivity index (χ2n) is 6.14. The number of nitrogens with zero attached hydrogens (tertiary/aromatic N) is 1. The van der Waals surface area contributed by atoms with Crippen molar-refractivity contribution < 1.29 is 14.2 Å². The lowest BCUT2D eigenvalue weighted by molar-refractivity contribution is -0.247. The standard InChI is InChI=1S/C16H26N2O3/c1-16(2)20-10-13(11-21-16)17-14-8-12(9-18(3)4)6-7-15(14)19-5/h6-8,13,17H,9-11H2,1-5H3. The van der Waals surface area contributed by atoms with E-state index in [-0.39, 0.29) is 6.04 Å². The predicted molar refractivity (Wildman–Crippen MR) is 83.8 cm³/mol. The van der Waals surface area contributed by atoms with Crippen LogP contribution in [0.4, 0.5) is 5.69 Å². The number of ether oxygens (including phenoxy) is 3. The van der Waals surface area contributed by atoms with Crippen LogP contribution in [-0.4, -0.2) is 51.1 Å². The van der Waals surface area contributed by atoms with Crippen LogP contribution in [0, 0.1) is 0 Å². The molecule has 2 rings (SSSR count). The Balaban J connectivity index is 2.07. The van der Waals surface area contributed by atoms with Crippen LogP contribution in [0.3, 0.4) is 0 Å². The van der Waals surface area contributed by atoms with Crippen molar-refractivity contribution in [1.29, 1.82) is 0 Å². The summed E-state index contributed by atoms with van der Waals surface area (Å²) in [7, 11) is 5.80. The number of hydrogen-bond donors (Lipinski definition) is 1. The van der Waals surface area contributed by atoms with Crippen molar-refractivity contribution in [3.63, 3.8) is 0 Å². The molecule has 0 aliphatic carbocycles. The Morgan fingerprint density at radius 2 is 1.95 bits per heavy atom. The highest BCUT2D eigenvalue weighted by Gasteiger charge is 2.28. The van der Waals surface area contributed by atoms with E-state index in [0.29, 0.717) is 13.2 Å². The first-order valence-electron chi connectivity index (χ1n) is 7.26. The van der Waals surface area contributed by atoms with Crippen molar-refractivity contribution >= 4 is 5.69 Å². The minimum Gasteiger partial charge on any atom is -0.495 e. The molecule has 0 atom stereocenters. The van der Waals surface area contributed by atoms with Crippen LogP contribution in [0.25, 0.3) is 0 Å². The van der Waals surface area contributed by atoms with Crippen molar-refractivity contribution in [3.8, 4) is 5.75 Å². The molecule has 1 aromatic rings. The van der Waals surface area contributed by atoms with Crippen molar-refractivity contribution in [2.24, 2.45) is 0 Å². The molecule has 0 spiro atoms. The van der Waals surface area contributed by atoms with Crippen LogP contribution in [-0.2, 0) is 16.0 Å². The highest BCUT2D eigenvalue weighted by atomic mass is 16.7. The van der Waals surface area contributed by atoms with Gasteiger partial charge in [0.2, 0.25) is 0 Å². The lowest BCUT2D eigenvalue weighted by Crippen LogP contribution is -2.45. The summed E-state index contributed by atoms with van der Waals surface area (Å²) in [6.07, 6.45) is 0. The zero-order valence-corrected chi connectivity index (χ0v) is 13.6. The summed E-state index contributed by atoms with van der Waals surface area (Å²) in [6.45, 7) is 5.99. The summed E-state index contributed by atoms with van der Waals surface area (Å²) in [6, 6.07) is 6.33. The zero-order chi connectivity index (χ0) is 15.5. The van der Waals surface area contributed by atoms with Gasteiger partial charge in [0.15, 0.2) is 5.79 Å². The zero-order valence-electron chi connectivity index (χ0n) is 13.6. The third-order valence-corrected chi connectivity index (χ3v) is 3.39. The fourth-order valence-corrected chi connectivity index (χ4v) is 2.33. The monoisotopic (exact) mass is 294 g/mol. The smallest absolute Gasteiger partial charge is 0.162 e. The van der Waals surface area contributed by atoms with Crippen LogP contribution in [0.1, 0.15) is 19.4 Å². The topological polar surface area (TPSA) is 43.0 Å². The van der Waals surface area contributed by atoms with Crippen molar-refractivity contribution in [3.05, 3.63) is 23.8 Å². The normalized spacial score (nSPS) is 18.8. The molecule has 1 aromatic carbocycles. The Morgan fingerprint density at radius 1 is 1.29 bits per heavy atom. The third kappa shape index (κ3) is 4.59. The van der Waals surface area contributed by atoms with E-state index < -0.39 is 5.79 Å². The van der Waals surface area contributed by atoms with Crippen LogP contribution in [0.15, 0.2) is 18.2 Å². The Kier molecular flexibility index (Phi) is 5.08. The van der Waals surface area contributed by atoms with E-state index in [2.05, 4.69) is 36.4 Å². The Labute approximate surface area is 127 Å². The van der Waals surface area contributed by atoms with Gasteiger partial charge < -0.3 is 24.4 Å². The van der Waals surface area contributed by atoms with Gasteiger partial charge in [-0.25, -0.2) is 0 Å². The van der Waals surface area contributed by atoms with E-state index in [4.69, 9.17) is 14.2 Å². The van der Waals surface area contributed by atoms with E-state index in [0.717, 1.165) is 18.0 Å². The number of rotatable bonds is 5. The maximum absolute atomic E-state index is 5.68. The molecule has 1 N–H and O–H groups in total. The van der Waals surface area contributed by atoms with Gasteiger partial charge >= 0.3 is 0 Å². The highest BCUT2D eigenvalue weighted by molar-refractivity contribution is 5.58. The highest BCUT2D eigenvalue weighted by Crippen LogP contribution is 2.28. The largest absolute Gasteiger partial charge is 0.495 e. The Bertz CT molecular complexity index is 465. The first-order valence-corrected chi connectivity index (χ1v) is 7.26. The van der Waals surface area contributed by atoms with E-state index in [1.165, 1.54) is 5.56 Å². The van der Waals surface area contributed by atoms with Gasteiger partial charge in [-0.05, 0) is 45.6 Å². The predicted octanol–water partition coefficient (Wildman–Crippen LogP) is 2.32. The maximum Gasteiger partial charge on any atom is 0.162 e. The summed E-state index contributed by atoms with van der Waals surface area (Å²) in [4.78, 5) is 2.14. The quantitative estimate of drug-likeness (QED) is 0.903. The number of benzene rings is 1. The molecule has 5 heteroatoms. The van der Waals surface area contributed by atoms with Crippen LogP contribution < -0.4 is 10.1 Å². The van der Waals surface area contributed by atoms with E-state index >= 15 is 0 Å². The lowest BCUT2D eigenvalue weighted by atomic mass is 10.1. The van der Waals surface area contributed by atoms with Gasteiger partial charge in [-0.1, -0.05) is 6.07 Å². The second kappa shape index (κ2) is 6.64. The van der Waals surface area contributed by atoms with Crippen molar-refractivity contribution in [1.82, 2.24) is 4.90 Å². The van der Waals surface area contributed by atoms with Crippen molar-refractivity contribution in [2.75, 3.05) is 39.7 Å². The van der Waals surface area contributed by atoms with Crippen LogP contribution >= 0.6 is 0 Å². The molecule has 118 valence electrons. The van der Waals surface area contributed by atoms with Gasteiger partial charge in [0, 0.05) is 6.54 Å². The molecule has 0 unspecified atom stereocenters. The summed E-state index contributed by atoms with van der Waals surface area (Å²) in [5.74, 6) is 0.344. The summed E-state index contributed by atoms with van der Waals surface area (Å²) in [5.41, 5.74) is 2.22. The first-order chi connectivity index (χ1) is 9.89. The van der Waals surface area contributed by atoms with Gasteiger partial charge in [0.25, 0.3) is 0 Å². The molecule has 0 bridgehead atoms. The minimum absolute atomic E-state index is 0.126. The Hall–Kier alpha value is -1.30. The molecule has 0 aromatic heterocycles. The van der Waals surface area contributed by atoms with Crippen LogP contribution in [0.2, 0.25) is 0 Å². The third-order valence-electron chi connectivity index (χ3n) is 3.39. The Morgan fingerprint density at radius 3 is 2.52 bits per heavy atom. The fourth-order valence-electron chi connectivity index (χ4n) is 2.33. The molecule has 1 aliphatic rings. The van der Waals surface area contributed by atoms with Gasteiger partial charge in [-0.2, -0.15) is 0 Å². The number of hydrogen-bond acceptors (Lipinski definition) is 5. The molecule has 1 aliphatic heterocycles. The van der Waals surface area contributed by atoms with Gasteiger partial charge in [-0.3, -0.25) is 0 Å². The van der Waals surface area contributed by atoms with E-state index in [1.807, 2.05) is 19.9 Å². The van der Waals surface area contributed by atoms with E-state index in [1.54, 1.807) is 7.11 Å². The molecular weight excluding hydrogens is 268 g/mol. The summed E-state index contributed by atoms with van der Waals surface area (Å²) < 4.78 is 16.8. The molecule has 21 heavy (non-hydrogen) atoms. The van der Waals surface area contributed by atoms with Gasteiger partial charge in [-0.15, -0.1) is 0 Å². The first kappa shape index (κ1) is 16.1. The summed E-state index contributed by atoms with van der Waals surface area (Å²) >= 11 is 0. The lowest BCUT2D eigenvalue weighted by Gasteiger charge is -2.35. The van der Waals surface area contributed by atoms with E-state index in [9.17, 15) is 0 Å². The molecule has 1 heterocycles. The molecule has 0 amide bonds. The molecule has 0 saturated carbocycles. The second-order valence-corrected chi connectivity index (χ2v) is 6.14. The van der Waals surface area contributed by atoms with Crippen LogP contribution in [0.5, 0.6) is 5.75 Å². The van der Waals surface area contributed by atoms with Gasteiger partial charge in [0.05, 0.1) is 32.1 Å². The average molecular weight is 294 g/mol. The molecular formula is C16H26N2O3. The molecule has 0 radical (unpaired) electrons. The van der Waals surface area contributed by atoms with Crippen molar-refractivity contribution in [2.45, 2.75) is 32.2 Å². The number of nitrogens with one attached hydrogen (secondary N) is 1. The number of anilines is 1. The maximum atomic E-state index is 5.68. The SMILES string of the molecule is COc1ccc(CN(C)C)cc1NC1COC(C)(C)OC1.